The molecule has 1 fully saturated rings. The normalized spacial score (nSPS) is 14.8. The number of carbonyl (C=O) groups excluding carboxylic acids is 1. The number of methoxy groups -OCH3 is 1. The van der Waals surface area contributed by atoms with Crippen LogP contribution in [0.3, 0.4) is 0 Å². The lowest BCUT2D eigenvalue weighted by molar-refractivity contribution is -0.134. The van der Waals surface area contributed by atoms with Gasteiger partial charge in [-0.1, -0.05) is 12.1 Å². The van der Waals surface area contributed by atoms with E-state index in [1.165, 1.54) is 36.2 Å². The summed E-state index contributed by atoms with van der Waals surface area (Å²) in [6.45, 7) is 0.221. The van der Waals surface area contributed by atoms with Crippen molar-refractivity contribution >= 4 is 39.5 Å². The number of nitrogens with zero attached hydrogens (tertiary/aromatic N) is 1. The van der Waals surface area contributed by atoms with E-state index in [9.17, 15) is 13.2 Å². The molecule has 2 aromatic carbocycles. The minimum absolute atomic E-state index is 0.137. The summed E-state index contributed by atoms with van der Waals surface area (Å²) in [6.07, 6.45) is 0.511. The minimum Gasteiger partial charge on any atom is -0.497 e. The molecule has 3 rings (SSSR count). The number of benzene rings is 2. The largest absolute Gasteiger partial charge is 0.497 e. The zero-order valence-corrected chi connectivity index (χ0v) is 19.4. The van der Waals surface area contributed by atoms with E-state index in [-0.39, 0.29) is 23.8 Å². The molecule has 162 valence electrons. The van der Waals surface area contributed by atoms with Gasteiger partial charge in [-0.2, -0.15) is 0 Å². The van der Waals surface area contributed by atoms with Crippen LogP contribution in [-0.2, 0) is 14.8 Å². The Morgan fingerprint density at radius 2 is 1.63 bits per heavy atom. The molecule has 1 heterocycles. The van der Waals surface area contributed by atoms with Gasteiger partial charge < -0.3 is 9.47 Å². The van der Waals surface area contributed by atoms with Gasteiger partial charge in [0.05, 0.1) is 16.6 Å². The predicted octanol–water partition coefficient (Wildman–Crippen LogP) is 4.18. The van der Waals surface area contributed by atoms with Crippen LogP contribution in [0.4, 0.5) is 0 Å². The first-order valence-corrected chi connectivity index (χ1v) is 13.1. The second-order valence-electron chi connectivity index (χ2n) is 6.72. The van der Waals surface area contributed by atoms with Crippen LogP contribution in [0, 0.1) is 0 Å². The van der Waals surface area contributed by atoms with Crippen molar-refractivity contribution in [1.29, 1.82) is 0 Å². The second kappa shape index (κ2) is 10.6. The van der Waals surface area contributed by atoms with E-state index in [4.69, 9.17) is 9.47 Å². The fourth-order valence-electron chi connectivity index (χ4n) is 2.92. The monoisotopic (exact) mass is 467 g/mol. The summed E-state index contributed by atoms with van der Waals surface area (Å²) in [5.74, 6) is 3.05. The lowest BCUT2D eigenvalue weighted by Gasteiger charge is -2.17. The van der Waals surface area contributed by atoms with Crippen molar-refractivity contribution < 1.29 is 22.7 Å². The maximum absolute atomic E-state index is 12.6. The molecular weight excluding hydrogens is 442 g/mol. The van der Waals surface area contributed by atoms with E-state index in [0.717, 1.165) is 11.5 Å². The molecule has 30 heavy (non-hydrogen) atoms. The van der Waals surface area contributed by atoms with Crippen LogP contribution >= 0.6 is 23.5 Å². The number of sulfonamides is 1. The summed E-state index contributed by atoms with van der Waals surface area (Å²) in [7, 11) is -0.585. The summed E-state index contributed by atoms with van der Waals surface area (Å²) < 4.78 is 37.3. The molecule has 0 aliphatic carbocycles. The van der Waals surface area contributed by atoms with Gasteiger partial charge in [0.15, 0.2) is 0 Å². The van der Waals surface area contributed by atoms with Crippen molar-refractivity contribution in [2.45, 2.75) is 22.3 Å². The van der Waals surface area contributed by atoms with E-state index in [1.54, 1.807) is 12.1 Å². The zero-order valence-electron chi connectivity index (χ0n) is 16.9. The fraction of sp³-hybridized carbons (Fsp3) is 0.381. The average Bonchev–Trinajstić information content (AvgIpc) is 3.29. The van der Waals surface area contributed by atoms with Crippen LogP contribution in [-0.4, -0.2) is 50.9 Å². The van der Waals surface area contributed by atoms with E-state index in [2.05, 4.69) is 0 Å². The maximum atomic E-state index is 12.6. The van der Waals surface area contributed by atoms with Gasteiger partial charge in [-0.25, -0.2) is 12.7 Å². The van der Waals surface area contributed by atoms with Crippen LogP contribution in [0.2, 0.25) is 0 Å². The number of hydrogen-bond donors (Lipinski definition) is 0. The summed E-state index contributed by atoms with van der Waals surface area (Å²) in [5.41, 5.74) is 1.23. The van der Waals surface area contributed by atoms with E-state index >= 15 is 0 Å². The SMILES string of the molecule is COc1ccc(S(=O)(=O)N(C)CCCC(=O)Oc2ccc(C3SCCS3)cc2)cc1. The van der Waals surface area contributed by atoms with Crippen molar-refractivity contribution in [3.05, 3.63) is 54.1 Å². The molecule has 0 amide bonds. The molecule has 0 N–H and O–H groups in total. The lowest BCUT2D eigenvalue weighted by Crippen LogP contribution is -2.28. The fourth-order valence-corrected chi connectivity index (χ4v) is 6.99. The molecule has 0 unspecified atom stereocenters. The average molecular weight is 468 g/mol. The van der Waals surface area contributed by atoms with Crippen LogP contribution < -0.4 is 9.47 Å². The predicted molar refractivity (Wildman–Crippen MR) is 122 cm³/mol. The highest BCUT2D eigenvalue weighted by Crippen LogP contribution is 2.45. The third-order valence-corrected chi connectivity index (χ3v) is 9.60. The van der Waals surface area contributed by atoms with Crippen molar-refractivity contribution in [3.8, 4) is 11.5 Å². The van der Waals surface area contributed by atoms with E-state index in [0.29, 0.717) is 22.5 Å². The summed E-state index contributed by atoms with van der Waals surface area (Å²) in [4.78, 5) is 12.3. The van der Waals surface area contributed by atoms with Crippen LogP contribution in [0.15, 0.2) is 53.4 Å². The number of ether oxygens (including phenoxy) is 2. The molecule has 1 aliphatic heterocycles. The van der Waals surface area contributed by atoms with Gasteiger partial charge >= 0.3 is 5.97 Å². The van der Waals surface area contributed by atoms with Gasteiger partial charge in [0.2, 0.25) is 10.0 Å². The molecule has 0 bridgehead atoms. The second-order valence-corrected chi connectivity index (χ2v) is 11.5. The Morgan fingerprint density at radius 1 is 1.03 bits per heavy atom. The highest BCUT2D eigenvalue weighted by atomic mass is 32.2. The summed E-state index contributed by atoms with van der Waals surface area (Å²) in [5, 5.41) is 0. The number of thioether (sulfide) groups is 2. The first-order chi connectivity index (χ1) is 14.4. The molecule has 0 aromatic heterocycles. The quantitative estimate of drug-likeness (QED) is 0.405. The molecule has 0 atom stereocenters. The zero-order chi connectivity index (χ0) is 21.6. The molecule has 6 nitrogen and oxygen atoms in total. The van der Waals surface area contributed by atoms with Crippen LogP contribution in [0.1, 0.15) is 23.0 Å². The molecular formula is C21H25NO5S3. The first kappa shape index (κ1) is 23.0. The van der Waals surface area contributed by atoms with Gasteiger partial charge in [-0.15, -0.1) is 23.5 Å². The third kappa shape index (κ3) is 5.94. The van der Waals surface area contributed by atoms with Gasteiger partial charge in [0.1, 0.15) is 11.5 Å². The van der Waals surface area contributed by atoms with Crippen molar-refractivity contribution in [2.24, 2.45) is 0 Å². The highest BCUT2D eigenvalue weighted by Gasteiger charge is 2.21. The molecule has 2 aromatic rings. The highest BCUT2D eigenvalue weighted by molar-refractivity contribution is 8.19. The summed E-state index contributed by atoms with van der Waals surface area (Å²) >= 11 is 3.85. The molecule has 0 spiro atoms. The first-order valence-electron chi connectivity index (χ1n) is 9.54. The van der Waals surface area contributed by atoms with Crippen molar-refractivity contribution in [3.63, 3.8) is 0 Å². The van der Waals surface area contributed by atoms with Gasteiger partial charge in [-0.3, -0.25) is 4.79 Å². The lowest BCUT2D eigenvalue weighted by atomic mass is 10.2. The number of esters is 1. The van der Waals surface area contributed by atoms with Gasteiger partial charge in [-0.05, 0) is 48.4 Å². The number of carbonyl (C=O) groups is 1. The Kier molecular flexibility index (Phi) is 8.10. The Labute approximate surface area is 186 Å². The van der Waals surface area contributed by atoms with E-state index < -0.39 is 10.0 Å². The Bertz CT molecular complexity index is 940. The summed E-state index contributed by atoms with van der Waals surface area (Å²) in [6, 6.07) is 13.8. The van der Waals surface area contributed by atoms with E-state index in [1.807, 2.05) is 47.8 Å². The topological polar surface area (TPSA) is 72.9 Å². The minimum atomic E-state index is -3.61. The van der Waals surface area contributed by atoms with Crippen LogP contribution in [0.25, 0.3) is 0 Å². The van der Waals surface area contributed by atoms with Crippen molar-refractivity contribution in [1.82, 2.24) is 4.31 Å². The smallest absolute Gasteiger partial charge is 0.311 e. The molecule has 0 radical (unpaired) electrons. The molecule has 9 heteroatoms. The number of hydrogen-bond acceptors (Lipinski definition) is 7. The molecule has 1 aliphatic rings. The molecule has 1 saturated heterocycles. The van der Waals surface area contributed by atoms with Crippen molar-refractivity contribution in [2.75, 3.05) is 32.2 Å². The number of rotatable bonds is 9. The Balaban J connectivity index is 1.46. The maximum Gasteiger partial charge on any atom is 0.311 e. The third-order valence-electron chi connectivity index (χ3n) is 4.63. The Hall–Kier alpha value is -1.68. The Morgan fingerprint density at radius 3 is 2.23 bits per heavy atom. The van der Waals surface area contributed by atoms with Gasteiger partial charge in [0, 0.05) is 31.5 Å². The standard InChI is InChI=1S/C21H25NO5S3/c1-22(30(24,25)19-11-9-17(26-2)10-12-19)13-3-4-20(23)27-18-7-5-16(6-8-18)21-28-14-15-29-21/h5-12,21H,3-4,13-15H2,1-2H3. The van der Waals surface area contributed by atoms with Crippen LogP contribution in [0.5, 0.6) is 11.5 Å². The molecule has 0 saturated carbocycles. The van der Waals surface area contributed by atoms with Gasteiger partial charge in [0.25, 0.3) is 0 Å².